The number of nitrogens with zero attached hydrogens (tertiary/aromatic N) is 3. The number of aromatic nitrogens is 3. The Bertz CT molecular complexity index is 524. The number of hydrogen-bond donors (Lipinski definition) is 2. The van der Waals surface area contributed by atoms with Crippen LogP contribution in [-0.4, -0.2) is 40.3 Å². The molecule has 2 rings (SSSR count). The molecular formula is C13H17N5O. The summed E-state index contributed by atoms with van der Waals surface area (Å²) in [7, 11) is 0. The van der Waals surface area contributed by atoms with Gasteiger partial charge >= 0.3 is 0 Å². The molecular weight excluding hydrogens is 242 g/mol. The topological polar surface area (TPSA) is 71.8 Å². The minimum absolute atomic E-state index is 0.174. The summed E-state index contributed by atoms with van der Waals surface area (Å²) in [4.78, 5) is 16.0. The fourth-order valence-corrected chi connectivity index (χ4v) is 1.64. The van der Waals surface area contributed by atoms with Crippen LogP contribution >= 0.6 is 0 Å². The van der Waals surface area contributed by atoms with Crippen LogP contribution in [0.15, 0.2) is 36.8 Å². The highest BCUT2D eigenvalue weighted by molar-refractivity contribution is 5.92. The first-order valence-corrected chi connectivity index (χ1v) is 6.26. The van der Waals surface area contributed by atoms with Gasteiger partial charge in [-0.2, -0.15) is 5.10 Å². The van der Waals surface area contributed by atoms with Crippen molar-refractivity contribution < 1.29 is 4.79 Å². The molecule has 0 aromatic carbocycles. The highest BCUT2D eigenvalue weighted by Gasteiger charge is 2.07. The summed E-state index contributed by atoms with van der Waals surface area (Å²) in [6, 6.07) is 5.36. The van der Waals surface area contributed by atoms with Gasteiger partial charge in [0.05, 0.1) is 5.69 Å². The van der Waals surface area contributed by atoms with Crippen LogP contribution in [0, 0.1) is 0 Å². The first kappa shape index (κ1) is 13.2. The van der Waals surface area contributed by atoms with E-state index < -0.39 is 0 Å². The molecule has 19 heavy (non-hydrogen) atoms. The van der Waals surface area contributed by atoms with Crippen LogP contribution in [-0.2, 0) is 0 Å². The Morgan fingerprint density at radius 1 is 1.37 bits per heavy atom. The summed E-state index contributed by atoms with van der Waals surface area (Å²) in [5.41, 5.74) is 1.21. The van der Waals surface area contributed by atoms with Gasteiger partial charge in [-0.15, -0.1) is 0 Å². The van der Waals surface area contributed by atoms with E-state index in [9.17, 15) is 4.79 Å². The van der Waals surface area contributed by atoms with Crippen molar-refractivity contribution in [2.75, 3.05) is 19.6 Å². The van der Waals surface area contributed by atoms with Gasteiger partial charge in [-0.3, -0.25) is 9.78 Å². The summed E-state index contributed by atoms with van der Waals surface area (Å²) >= 11 is 0. The highest BCUT2D eigenvalue weighted by Crippen LogP contribution is 2.06. The van der Waals surface area contributed by atoms with Crippen molar-refractivity contribution >= 4 is 5.91 Å². The molecule has 0 spiro atoms. The Balaban J connectivity index is 2.00. The van der Waals surface area contributed by atoms with Crippen molar-refractivity contribution in [3.63, 3.8) is 0 Å². The number of carbonyl (C=O) groups excluding carboxylic acids is 1. The minimum Gasteiger partial charge on any atom is -0.349 e. The predicted molar refractivity (Wildman–Crippen MR) is 72.2 cm³/mol. The lowest BCUT2D eigenvalue weighted by atomic mass is 10.3. The van der Waals surface area contributed by atoms with E-state index >= 15 is 0 Å². The monoisotopic (exact) mass is 259 g/mol. The molecule has 100 valence electrons. The van der Waals surface area contributed by atoms with E-state index in [0.717, 1.165) is 18.8 Å². The lowest BCUT2D eigenvalue weighted by Gasteiger charge is -2.06. The Hall–Kier alpha value is -2.21. The van der Waals surface area contributed by atoms with E-state index in [0.29, 0.717) is 12.2 Å². The van der Waals surface area contributed by atoms with Crippen LogP contribution in [0.2, 0.25) is 0 Å². The summed E-state index contributed by atoms with van der Waals surface area (Å²) in [6.45, 7) is 4.25. The number of amides is 1. The molecule has 0 unspecified atom stereocenters. The molecule has 6 nitrogen and oxygen atoms in total. The van der Waals surface area contributed by atoms with Gasteiger partial charge in [-0.05, 0) is 24.7 Å². The zero-order chi connectivity index (χ0) is 13.5. The summed E-state index contributed by atoms with van der Waals surface area (Å²) in [5, 5.41) is 10.1. The molecule has 0 aliphatic heterocycles. The third kappa shape index (κ3) is 3.62. The molecule has 2 heterocycles. The van der Waals surface area contributed by atoms with Gasteiger partial charge < -0.3 is 10.6 Å². The molecule has 2 aromatic heterocycles. The number of rotatable bonds is 6. The van der Waals surface area contributed by atoms with Gasteiger partial charge in [0.15, 0.2) is 0 Å². The fourth-order valence-electron chi connectivity index (χ4n) is 1.64. The van der Waals surface area contributed by atoms with Crippen molar-refractivity contribution in [3.05, 3.63) is 42.5 Å². The largest absolute Gasteiger partial charge is 0.349 e. The molecule has 2 N–H and O–H groups in total. The lowest BCUT2D eigenvalue weighted by molar-refractivity contribution is 0.0949. The summed E-state index contributed by atoms with van der Waals surface area (Å²) in [5.74, 6) is -0.174. The molecule has 2 aromatic rings. The molecule has 0 bridgehead atoms. The molecule has 0 aliphatic carbocycles. The van der Waals surface area contributed by atoms with Crippen molar-refractivity contribution in [2.45, 2.75) is 6.92 Å². The van der Waals surface area contributed by atoms with E-state index in [1.54, 1.807) is 23.1 Å². The maximum atomic E-state index is 11.9. The average molecular weight is 259 g/mol. The van der Waals surface area contributed by atoms with Crippen LogP contribution in [0.4, 0.5) is 0 Å². The Morgan fingerprint density at radius 3 is 3.00 bits per heavy atom. The van der Waals surface area contributed by atoms with E-state index in [1.807, 2.05) is 25.3 Å². The third-order valence-electron chi connectivity index (χ3n) is 2.58. The van der Waals surface area contributed by atoms with Gasteiger partial charge in [0.2, 0.25) is 0 Å². The molecule has 0 atom stereocenters. The molecule has 0 saturated heterocycles. The van der Waals surface area contributed by atoms with Crippen LogP contribution < -0.4 is 10.6 Å². The molecule has 0 aliphatic rings. The SMILES string of the molecule is CCNCCNC(=O)c1cc(-n2cccn2)ccn1. The first-order valence-electron chi connectivity index (χ1n) is 6.26. The normalized spacial score (nSPS) is 10.4. The summed E-state index contributed by atoms with van der Waals surface area (Å²) in [6.07, 6.45) is 5.12. The molecule has 6 heteroatoms. The van der Waals surface area contributed by atoms with Crippen molar-refractivity contribution in [1.82, 2.24) is 25.4 Å². The zero-order valence-corrected chi connectivity index (χ0v) is 10.8. The van der Waals surface area contributed by atoms with E-state index in [2.05, 4.69) is 20.7 Å². The van der Waals surface area contributed by atoms with Crippen LogP contribution in [0.1, 0.15) is 17.4 Å². The van der Waals surface area contributed by atoms with Crippen LogP contribution in [0.5, 0.6) is 0 Å². The number of likely N-dealkylation sites (N-methyl/N-ethyl adjacent to an activating group) is 1. The van der Waals surface area contributed by atoms with Crippen molar-refractivity contribution in [3.8, 4) is 5.69 Å². The zero-order valence-electron chi connectivity index (χ0n) is 10.8. The Morgan fingerprint density at radius 2 is 2.26 bits per heavy atom. The minimum atomic E-state index is -0.174. The van der Waals surface area contributed by atoms with E-state index in [4.69, 9.17) is 0 Å². The van der Waals surface area contributed by atoms with Crippen molar-refractivity contribution in [1.29, 1.82) is 0 Å². The van der Waals surface area contributed by atoms with E-state index in [1.165, 1.54) is 0 Å². The molecule has 0 saturated carbocycles. The first-order chi connectivity index (χ1) is 9.31. The van der Waals surface area contributed by atoms with Gasteiger partial charge in [-0.1, -0.05) is 6.92 Å². The van der Waals surface area contributed by atoms with Crippen LogP contribution in [0.25, 0.3) is 5.69 Å². The van der Waals surface area contributed by atoms with Crippen molar-refractivity contribution in [2.24, 2.45) is 0 Å². The summed E-state index contributed by atoms with van der Waals surface area (Å²) < 4.78 is 1.69. The second-order valence-corrected chi connectivity index (χ2v) is 3.96. The predicted octanol–water partition coefficient (Wildman–Crippen LogP) is 0.607. The number of nitrogens with one attached hydrogen (secondary N) is 2. The number of pyridine rings is 1. The van der Waals surface area contributed by atoms with Gasteiger partial charge in [-0.25, -0.2) is 4.68 Å². The molecule has 0 fully saturated rings. The smallest absolute Gasteiger partial charge is 0.269 e. The maximum Gasteiger partial charge on any atom is 0.269 e. The van der Waals surface area contributed by atoms with Gasteiger partial charge in [0.1, 0.15) is 5.69 Å². The maximum absolute atomic E-state index is 11.9. The number of carbonyl (C=O) groups is 1. The second-order valence-electron chi connectivity index (χ2n) is 3.96. The Kier molecular flexibility index (Phi) is 4.63. The van der Waals surface area contributed by atoms with Gasteiger partial charge in [0, 0.05) is 31.7 Å². The average Bonchev–Trinajstić information content (AvgIpc) is 2.98. The standard InChI is InChI=1S/C13H17N5O/c1-2-14-7-8-16-13(19)12-10-11(4-6-15-12)18-9-3-5-17-18/h3-6,9-10,14H,2,7-8H2,1H3,(H,16,19). The molecule has 0 radical (unpaired) electrons. The molecule has 1 amide bonds. The van der Waals surface area contributed by atoms with Gasteiger partial charge in [0.25, 0.3) is 5.91 Å². The fraction of sp³-hybridized carbons (Fsp3) is 0.308. The second kappa shape index (κ2) is 6.65. The van der Waals surface area contributed by atoms with E-state index in [-0.39, 0.29) is 5.91 Å². The van der Waals surface area contributed by atoms with Crippen LogP contribution in [0.3, 0.4) is 0 Å². The number of hydrogen-bond acceptors (Lipinski definition) is 4. The highest BCUT2D eigenvalue weighted by atomic mass is 16.1. The Labute approximate surface area is 111 Å². The quantitative estimate of drug-likeness (QED) is 0.745. The lowest BCUT2D eigenvalue weighted by Crippen LogP contribution is -2.32. The third-order valence-corrected chi connectivity index (χ3v) is 2.58.